The molecule has 0 spiro atoms. The molecule has 36 heavy (non-hydrogen) atoms. The van der Waals surface area contributed by atoms with Crippen molar-refractivity contribution in [1.82, 2.24) is 15.0 Å². The minimum absolute atomic E-state index is 0.339. The lowest BCUT2D eigenvalue weighted by Crippen LogP contribution is -2.06. The van der Waals surface area contributed by atoms with E-state index in [1.165, 1.54) is 18.9 Å². The number of fused-ring (bicyclic) bond motifs is 1. The molecular weight excluding hydrogens is 465 g/mol. The summed E-state index contributed by atoms with van der Waals surface area (Å²) in [7, 11) is 0. The van der Waals surface area contributed by atoms with Gasteiger partial charge in [-0.1, -0.05) is 18.2 Å². The average molecular weight is 491 g/mol. The Hall–Kier alpha value is -4.14. The number of hydrogen-bond acceptors (Lipinski definition) is 6. The van der Waals surface area contributed by atoms with Crippen LogP contribution < -0.4 is 16.0 Å². The highest BCUT2D eigenvalue weighted by Crippen LogP contribution is 2.32. The third-order valence-electron chi connectivity index (χ3n) is 5.93. The molecule has 5 rings (SSSR count). The minimum atomic E-state index is -4.39. The Balaban J connectivity index is 1.25. The van der Waals surface area contributed by atoms with Crippen molar-refractivity contribution in [3.05, 3.63) is 83.9 Å². The molecule has 9 heteroatoms. The first-order valence-corrected chi connectivity index (χ1v) is 11.7. The van der Waals surface area contributed by atoms with E-state index in [1.807, 2.05) is 25.1 Å². The number of pyridine rings is 1. The fraction of sp³-hybridized carbons (Fsp3) is 0.222. The fourth-order valence-corrected chi connectivity index (χ4v) is 3.81. The Morgan fingerprint density at radius 3 is 2.58 bits per heavy atom. The van der Waals surface area contributed by atoms with Crippen molar-refractivity contribution < 1.29 is 13.2 Å². The number of para-hydroxylation sites is 1. The van der Waals surface area contributed by atoms with Crippen molar-refractivity contribution >= 4 is 40.0 Å². The molecule has 2 aromatic carbocycles. The Morgan fingerprint density at radius 1 is 1.00 bits per heavy atom. The number of alkyl halides is 3. The van der Waals surface area contributed by atoms with Crippen LogP contribution in [-0.4, -0.2) is 21.5 Å². The Kier molecular flexibility index (Phi) is 6.45. The highest BCUT2D eigenvalue weighted by atomic mass is 19.4. The van der Waals surface area contributed by atoms with Gasteiger partial charge in [0.15, 0.2) is 0 Å². The van der Waals surface area contributed by atoms with Crippen LogP contribution in [0, 0.1) is 12.8 Å². The first kappa shape index (κ1) is 23.6. The Labute approximate surface area is 206 Å². The smallest absolute Gasteiger partial charge is 0.383 e. The number of rotatable bonds is 8. The van der Waals surface area contributed by atoms with Crippen molar-refractivity contribution in [2.45, 2.75) is 25.9 Å². The summed E-state index contributed by atoms with van der Waals surface area (Å²) < 4.78 is 38.8. The van der Waals surface area contributed by atoms with Crippen molar-refractivity contribution in [1.29, 1.82) is 0 Å². The largest absolute Gasteiger partial charge is 0.416 e. The molecule has 184 valence electrons. The van der Waals surface area contributed by atoms with Gasteiger partial charge in [-0.3, -0.25) is 4.98 Å². The number of anilines is 4. The molecule has 4 aromatic rings. The second-order valence-corrected chi connectivity index (χ2v) is 8.81. The first-order chi connectivity index (χ1) is 17.3. The summed E-state index contributed by atoms with van der Waals surface area (Å²) in [6.45, 7) is 2.91. The van der Waals surface area contributed by atoms with Gasteiger partial charge >= 0.3 is 6.18 Å². The second-order valence-electron chi connectivity index (χ2n) is 8.81. The van der Waals surface area contributed by atoms with Gasteiger partial charge in [0, 0.05) is 23.8 Å². The Morgan fingerprint density at radius 2 is 1.83 bits per heavy atom. The zero-order valence-corrected chi connectivity index (χ0v) is 19.6. The molecule has 6 nitrogen and oxygen atoms in total. The zero-order valence-electron chi connectivity index (χ0n) is 19.6. The van der Waals surface area contributed by atoms with Crippen LogP contribution in [0.5, 0.6) is 0 Å². The molecule has 0 atom stereocenters. The summed E-state index contributed by atoms with van der Waals surface area (Å²) in [4.78, 5) is 13.6. The molecule has 1 aliphatic rings. The maximum absolute atomic E-state index is 12.9. The molecular formula is C27H25F3N6. The highest BCUT2D eigenvalue weighted by Gasteiger charge is 2.30. The van der Waals surface area contributed by atoms with E-state index >= 15 is 0 Å². The van der Waals surface area contributed by atoms with Gasteiger partial charge in [-0.15, -0.1) is 0 Å². The predicted octanol–water partition coefficient (Wildman–Crippen LogP) is 7.00. The molecule has 2 heterocycles. The third kappa shape index (κ3) is 5.73. The first-order valence-electron chi connectivity index (χ1n) is 11.7. The van der Waals surface area contributed by atoms with Crippen LogP contribution in [0.15, 0.2) is 67.0 Å². The maximum Gasteiger partial charge on any atom is 0.416 e. The van der Waals surface area contributed by atoms with Crippen LogP contribution in [0.3, 0.4) is 0 Å². The van der Waals surface area contributed by atoms with Crippen LogP contribution >= 0.6 is 0 Å². The summed E-state index contributed by atoms with van der Waals surface area (Å²) in [5, 5.41) is 10.6. The number of aromatic nitrogens is 3. The second kappa shape index (κ2) is 9.85. The van der Waals surface area contributed by atoms with Crippen LogP contribution in [0.25, 0.3) is 17.0 Å². The lowest BCUT2D eigenvalue weighted by Gasteiger charge is -2.11. The van der Waals surface area contributed by atoms with Gasteiger partial charge in [0.25, 0.3) is 0 Å². The SMILES string of the molecule is Cc1nc(N/C=C/c2ccc(Nc3cccc(C(F)(F)F)c3)cn2)nc2c(NCC3CC3)cccc12. The molecule has 0 radical (unpaired) electrons. The molecule has 3 N–H and O–H groups in total. The van der Waals surface area contributed by atoms with Crippen LogP contribution in [0.1, 0.15) is 29.8 Å². The topological polar surface area (TPSA) is 74.8 Å². The van der Waals surface area contributed by atoms with Gasteiger partial charge < -0.3 is 16.0 Å². The average Bonchev–Trinajstić information content (AvgIpc) is 3.68. The number of aryl methyl sites for hydroxylation is 1. The minimum Gasteiger partial charge on any atom is -0.383 e. The summed E-state index contributed by atoms with van der Waals surface area (Å²) in [5.74, 6) is 1.24. The summed E-state index contributed by atoms with van der Waals surface area (Å²) in [6, 6.07) is 14.6. The van der Waals surface area contributed by atoms with Gasteiger partial charge in [0.1, 0.15) is 0 Å². The van der Waals surface area contributed by atoms with E-state index < -0.39 is 11.7 Å². The number of benzene rings is 2. The van der Waals surface area contributed by atoms with Crippen molar-refractivity contribution in [2.24, 2.45) is 5.92 Å². The Bertz CT molecular complexity index is 1400. The van der Waals surface area contributed by atoms with Gasteiger partial charge in [0.2, 0.25) is 5.95 Å². The van der Waals surface area contributed by atoms with Gasteiger partial charge in [-0.2, -0.15) is 13.2 Å². The third-order valence-corrected chi connectivity index (χ3v) is 5.93. The fourth-order valence-electron chi connectivity index (χ4n) is 3.81. The van der Waals surface area contributed by atoms with Gasteiger partial charge in [0.05, 0.1) is 40.0 Å². The lowest BCUT2D eigenvalue weighted by molar-refractivity contribution is -0.137. The maximum atomic E-state index is 12.9. The van der Waals surface area contributed by atoms with Crippen molar-refractivity contribution in [3.8, 4) is 0 Å². The lowest BCUT2D eigenvalue weighted by atomic mass is 10.1. The van der Waals surface area contributed by atoms with Crippen molar-refractivity contribution in [2.75, 3.05) is 22.5 Å². The van der Waals surface area contributed by atoms with Gasteiger partial charge in [-0.05, 0) is 68.2 Å². The van der Waals surface area contributed by atoms with E-state index in [2.05, 4.69) is 25.9 Å². The van der Waals surface area contributed by atoms with E-state index in [9.17, 15) is 13.2 Å². The number of hydrogen-bond donors (Lipinski definition) is 3. The van der Waals surface area contributed by atoms with Crippen LogP contribution in [-0.2, 0) is 6.18 Å². The quantitative estimate of drug-likeness (QED) is 0.247. The molecule has 0 unspecified atom stereocenters. The summed E-state index contributed by atoms with van der Waals surface area (Å²) in [6.07, 6.45) is 3.21. The normalized spacial score (nSPS) is 13.8. The zero-order chi connectivity index (χ0) is 25.1. The van der Waals surface area contributed by atoms with E-state index in [0.717, 1.165) is 46.9 Å². The van der Waals surface area contributed by atoms with E-state index in [0.29, 0.717) is 23.0 Å². The van der Waals surface area contributed by atoms with Crippen molar-refractivity contribution in [3.63, 3.8) is 0 Å². The molecule has 0 bridgehead atoms. The number of halogens is 3. The standard InChI is InChI=1S/C27H25F3N6/c1-17-23-6-3-7-24(33-15-18-8-9-18)25(23)36-26(34-17)31-13-12-20-10-11-22(16-32-20)35-21-5-2-4-19(14-21)27(28,29)30/h2-7,10-14,16,18,33,35H,8-9,15H2,1H3,(H,31,34,36)/b13-12+. The van der Waals surface area contributed by atoms with E-state index in [-0.39, 0.29) is 0 Å². The molecule has 0 amide bonds. The summed E-state index contributed by atoms with van der Waals surface area (Å²) >= 11 is 0. The molecule has 1 saturated carbocycles. The monoisotopic (exact) mass is 490 g/mol. The van der Waals surface area contributed by atoms with Crippen LogP contribution in [0.2, 0.25) is 0 Å². The van der Waals surface area contributed by atoms with E-state index in [4.69, 9.17) is 4.98 Å². The van der Waals surface area contributed by atoms with E-state index in [1.54, 1.807) is 36.7 Å². The molecule has 0 saturated heterocycles. The van der Waals surface area contributed by atoms with Gasteiger partial charge in [-0.25, -0.2) is 9.97 Å². The molecule has 1 fully saturated rings. The molecule has 1 aliphatic carbocycles. The molecule has 2 aromatic heterocycles. The van der Waals surface area contributed by atoms with Crippen LogP contribution in [0.4, 0.5) is 36.2 Å². The predicted molar refractivity (Wildman–Crippen MR) is 137 cm³/mol. The summed E-state index contributed by atoms with van der Waals surface area (Å²) in [5.41, 5.74) is 3.65. The highest BCUT2D eigenvalue weighted by molar-refractivity contribution is 5.92. The number of nitrogens with zero attached hydrogens (tertiary/aromatic N) is 3. The molecule has 0 aliphatic heterocycles. The number of nitrogens with one attached hydrogen (secondary N) is 3.